The standard InChI is InChI=1S/C7H4BrClN2.C5H2BrClN2O2.C4H8O.C2H3.BrH.Mg/c8-5-3-11-7(9)6-4(5)1-2-10-6;6-3-1-4(9(10)11)5(7)8-2-3;1-2-4-5-3-1;1-2;;/h1-3,10H;1-2H;1-4H2;1H,2H2;1H;/q;;;-1;;+2/p-1. The zero-order valence-electron chi connectivity index (χ0n) is 16.2. The average molecular weight is 672 g/mol. The molecule has 0 spiro atoms. The molecule has 0 aromatic carbocycles. The van der Waals surface area contributed by atoms with Crippen LogP contribution in [-0.2, 0) is 4.74 Å². The first-order chi connectivity index (χ1) is 13.9. The van der Waals surface area contributed by atoms with Gasteiger partial charge < -0.3 is 33.3 Å². The fourth-order valence-corrected chi connectivity index (χ4v) is 3.17. The van der Waals surface area contributed by atoms with Crippen LogP contribution in [0.1, 0.15) is 12.8 Å². The fraction of sp³-hybridized carbons (Fsp3) is 0.222. The Labute approximate surface area is 233 Å². The molecule has 0 saturated carbocycles. The Balaban J connectivity index is 0. The molecule has 0 bridgehead atoms. The van der Waals surface area contributed by atoms with E-state index in [0.29, 0.717) is 9.63 Å². The van der Waals surface area contributed by atoms with E-state index in [1.807, 2.05) is 12.3 Å². The second-order valence-corrected chi connectivity index (χ2v) is 7.69. The zero-order chi connectivity index (χ0) is 21.8. The number of rotatable bonds is 1. The number of nitrogens with one attached hydrogen (secondary N) is 1. The fourth-order valence-electron chi connectivity index (χ4n) is 2.04. The van der Waals surface area contributed by atoms with Crippen molar-refractivity contribution >= 4 is 94.7 Å². The van der Waals surface area contributed by atoms with E-state index in [1.54, 1.807) is 6.20 Å². The molecule has 4 rings (SSSR count). The molecule has 1 aliphatic rings. The van der Waals surface area contributed by atoms with Crippen molar-refractivity contribution in [2.45, 2.75) is 12.8 Å². The number of fused-ring (bicyclic) bond motifs is 1. The van der Waals surface area contributed by atoms with Crippen molar-refractivity contribution in [3.63, 3.8) is 0 Å². The minimum atomic E-state index is -0.583. The van der Waals surface area contributed by atoms with Crippen LogP contribution in [0.5, 0.6) is 0 Å². The summed E-state index contributed by atoms with van der Waals surface area (Å²) < 4.78 is 6.44. The molecule has 7 nitrogen and oxygen atoms in total. The van der Waals surface area contributed by atoms with E-state index in [2.05, 4.69) is 60.0 Å². The summed E-state index contributed by atoms with van der Waals surface area (Å²) in [4.78, 5) is 20.2. The van der Waals surface area contributed by atoms with Crippen LogP contribution in [0.15, 0.2) is 46.2 Å². The third-order valence-electron chi connectivity index (χ3n) is 3.31. The van der Waals surface area contributed by atoms with Gasteiger partial charge in [0.2, 0.25) is 5.15 Å². The summed E-state index contributed by atoms with van der Waals surface area (Å²) in [7, 11) is 0. The summed E-state index contributed by atoms with van der Waals surface area (Å²) in [5.74, 6) is 0. The quantitative estimate of drug-likeness (QED) is 0.141. The summed E-state index contributed by atoms with van der Waals surface area (Å²) in [6.07, 6.45) is 7.48. The van der Waals surface area contributed by atoms with E-state index < -0.39 is 4.92 Å². The molecule has 1 fully saturated rings. The van der Waals surface area contributed by atoms with Gasteiger partial charge in [-0.3, -0.25) is 16.7 Å². The van der Waals surface area contributed by atoms with E-state index >= 15 is 0 Å². The summed E-state index contributed by atoms with van der Waals surface area (Å²) in [6.45, 7) is 9.00. The molecule has 31 heavy (non-hydrogen) atoms. The van der Waals surface area contributed by atoms with Crippen molar-refractivity contribution in [3.05, 3.63) is 73.2 Å². The van der Waals surface area contributed by atoms with Gasteiger partial charge in [-0.05, 0) is 50.8 Å². The summed E-state index contributed by atoms with van der Waals surface area (Å²) >= 11 is 17.6. The first-order valence-corrected chi connectivity index (χ1v) is 10.5. The van der Waals surface area contributed by atoms with Gasteiger partial charge in [0.15, 0.2) is 5.15 Å². The van der Waals surface area contributed by atoms with E-state index in [4.69, 9.17) is 27.9 Å². The van der Waals surface area contributed by atoms with Crippen LogP contribution in [0.25, 0.3) is 10.9 Å². The number of hydrogen-bond acceptors (Lipinski definition) is 5. The van der Waals surface area contributed by atoms with Gasteiger partial charge in [0, 0.05) is 52.2 Å². The zero-order valence-corrected chi connectivity index (χ0v) is 23.8. The smallest absolute Gasteiger partial charge is 1.00 e. The molecule has 3 aromatic heterocycles. The summed E-state index contributed by atoms with van der Waals surface area (Å²) in [6, 6.07) is 3.25. The number of nitro groups is 1. The van der Waals surface area contributed by atoms with E-state index in [0.717, 1.165) is 28.6 Å². The monoisotopic (exact) mass is 668 g/mol. The minimum Gasteiger partial charge on any atom is -1.00 e. The van der Waals surface area contributed by atoms with Crippen molar-refractivity contribution in [2.75, 3.05) is 13.2 Å². The van der Waals surface area contributed by atoms with Gasteiger partial charge in [-0.15, -0.1) is 0 Å². The van der Waals surface area contributed by atoms with Gasteiger partial charge in [0.05, 0.1) is 10.4 Å². The average Bonchev–Trinajstić information content (AvgIpc) is 3.44. The molecule has 1 aliphatic heterocycles. The Kier molecular flexibility index (Phi) is 19.3. The molecule has 0 amide bonds. The summed E-state index contributed by atoms with van der Waals surface area (Å²) in [5, 5.41) is 11.7. The molecule has 0 radical (unpaired) electrons. The molecule has 164 valence electrons. The molecule has 1 N–H and O–H groups in total. The molecule has 4 heterocycles. The van der Waals surface area contributed by atoms with Gasteiger partial charge >= 0.3 is 28.7 Å². The molecule has 0 aliphatic carbocycles. The maximum Gasteiger partial charge on any atom is 2.00 e. The number of hydrogen-bond donors (Lipinski definition) is 1. The van der Waals surface area contributed by atoms with Crippen LogP contribution in [0.3, 0.4) is 0 Å². The maximum absolute atomic E-state index is 10.2. The molecule has 0 atom stereocenters. The van der Waals surface area contributed by atoms with Crippen LogP contribution in [0, 0.1) is 16.7 Å². The topological polar surface area (TPSA) is 93.9 Å². The Morgan fingerprint density at radius 3 is 2.19 bits per heavy atom. The maximum atomic E-state index is 10.2. The molecule has 13 heteroatoms. The molecular formula is C18H17Br3Cl2MgN4O3. The van der Waals surface area contributed by atoms with Gasteiger partial charge in [0.25, 0.3) is 0 Å². The van der Waals surface area contributed by atoms with E-state index in [-0.39, 0.29) is 50.9 Å². The van der Waals surface area contributed by atoms with Crippen molar-refractivity contribution in [3.8, 4) is 0 Å². The van der Waals surface area contributed by atoms with Crippen LogP contribution in [0.4, 0.5) is 5.69 Å². The van der Waals surface area contributed by atoms with Crippen LogP contribution >= 0.6 is 55.1 Å². The molecule has 0 unspecified atom stereocenters. The van der Waals surface area contributed by atoms with Crippen molar-refractivity contribution in [1.29, 1.82) is 0 Å². The second kappa shape index (κ2) is 18.2. The Hall–Kier alpha value is -0.274. The van der Waals surface area contributed by atoms with Crippen LogP contribution in [0.2, 0.25) is 10.3 Å². The van der Waals surface area contributed by atoms with E-state index in [9.17, 15) is 10.1 Å². The molecule has 3 aromatic rings. The summed E-state index contributed by atoms with van der Waals surface area (Å²) in [5.41, 5.74) is 0.682. The minimum absolute atomic E-state index is 0. The number of H-pyrrole nitrogens is 1. The first kappa shape index (κ1) is 32.9. The van der Waals surface area contributed by atoms with Crippen molar-refractivity contribution in [2.24, 2.45) is 0 Å². The Morgan fingerprint density at radius 1 is 1.16 bits per heavy atom. The SMILES string of the molecule is C1CCOC1.Clc1ncc(Br)c2cc[nH]c12.O=[N+]([O-])c1cc(Br)cnc1Cl.[Br-].[CH-]=C.[Mg+2]. The normalized spacial score (nSPS) is 11.2. The van der Waals surface area contributed by atoms with E-state index in [1.165, 1.54) is 25.1 Å². The van der Waals surface area contributed by atoms with Gasteiger partial charge in [-0.2, -0.15) is 0 Å². The number of aromatic amines is 1. The predicted octanol–water partition coefficient (Wildman–Crippen LogP) is 3.41. The second-order valence-electron chi connectivity index (χ2n) is 5.20. The number of aromatic nitrogens is 3. The largest absolute Gasteiger partial charge is 2.00 e. The van der Waals surface area contributed by atoms with Crippen LogP contribution < -0.4 is 17.0 Å². The van der Waals surface area contributed by atoms with Gasteiger partial charge in [-0.1, -0.05) is 23.2 Å². The third kappa shape index (κ3) is 11.4. The molecule has 1 saturated heterocycles. The Bertz CT molecular complexity index is 903. The first-order valence-electron chi connectivity index (χ1n) is 8.11. The number of halogens is 5. The predicted molar refractivity (Wildman–Crippen MR) is 128 cm³/mol. The number of pyridine rings is 2. The third-order valence-corrected chi connectivity index (χ3v) is 4.96. The Morgan fingerprint density at radius 2 is 1.74 bits per heavy atom. The van der Waals surface area contributed by atoms with Gasteiger partial charge in [-0.25, -0.2) is 9.97 Å². The van der Waals surface area contributed by atoms with Gasteiger partial charge in [0.1, 0.15) is 0 Å². The number of ether oxygens (including phenoxy) is 1. The molecular weight excluding hydrogens is 655 g/mol. The van der Waals surface area contributed by atoms with Crippen molar-refractivity contribution in [1.82, 2.24) is 15.0 Å². The van der Waals surface area contributed by atoms with Crippen LogP contribution in [-0.4, -0.2) is 56.1 Å². The van der Waals surface area contributed by atoms with Crippen molar-refractivity contribution < 1.29 is 26.6 Å². The number of nitrogens with zero attached hydrogens (tertiary/aromatic N) is 3.